The Morgan fingerprint density at radius 1 is 1.20 bits per heavy atom. The molecule has 5 nitrogen and oxygen atoms in total. The summed E-state index contributed by atoms with van der Waals surface area (Å²) in [5.74, 6) is 2.31. The van der Waals surface area contributed by atoms with Crippen molar-refractivity contribution < 1.29 is 9.26 Å². The predicted octanol–water partition coefficient (Wildman–Crippen LogP) is 2.11. The van der Waals surface area contributed by atoms with Gasteiger partial charge in [-0.2, -0.15) is 4.98 Å². The van der Waals surface area contributed by atoms with Crippen LogP contribution in [0.4, 0.5) is 0 Å². The van der Waals surface area contributed by atoms with Gasteiger partial charge in [0, 0.05) is 19.4 Å². The van der Waals surface area contributed by atoms with Crippen LogP contribution in [0.1, 0.15) is 50.2 Å². The maximum atomic E-state index is 5.73. The molecule has 1 aromatic rings. The van der Waals surface area contributed by atoms with Gasteiger partial charge in [0.05, 0.1) is 6.10 Å². The molecule has 0 amide bonds. The summed E-state index contributed by atoms with van der Waals surface area (Å²) in [5, 5.41) is 7.55. The van der Waals surface area contributed by atoms with E-state index in [0.29, 0.717) is 12.0 Å². The minimum Gasteiger partial charge on any atom is -0.378 e. The van der Waals surface area contributed by atoms with Crippen LogP contribution in [0, 0.1) is 5.92 Å². The number of ether oxygens (including phenoxy) is 1. The van der Waals surface area contributed by atoms with Crippen LogP contribution in [0.3, 0.4) is 0 Å². The number of hydrogen-bond acceptors (Lipinski definition) is 5. The highest BCUT2D eigenvalue weighted by molar-refractivity contribution is 4.90. The molecule has 2 aliphatic rings. The molecule has 112 valence electrons. The maximum absolute atomic E-state index is 5.73. The van der Waals surface area contributed by atoms with Crippen LogP contribution < -0.4 is 5.32 Å². The van der Waals surface area contributed by atoms with Gasteiger partial charge in [0.1, 0.15) is 0 Å². The summed E-state index contributed by atoms with van der Waals surface area (Å²) in [6.07, 6.45) is 9.38. The zero-order valence-electron chi connectivity index (χ0n) is 12.1. The number of aryl methyl sites for hydroxylation is 1. The predicted molar refractivity (Wildman–Crippen MR) is 75.5 cm³/mol. The van der Waals surface area contributed by atoms with Crippen LogP contribution in [0.2, 0.25) is 0 Å². The molecule has 0 aliphatic carbocycles. The van der Waals surface area contributed by atoms with E-state index in [1.807, 2.05) is 0 Å². The molecule has 2 aliphatic heterocycles. The molecular formula is C15H25N3O2. The normalized spacial score (nSPS) is 27.6. The van der Waals surface area contributed by atoms with E-state index in [9.17, 15) is 0 Å². The maximum Gasteiger partial charge on any atom is 0.226 e. The monoisotopic (exact) mass is 279 g/mol. The minimum atomic E-state index is 0.390. The largest absolute Gasteiger partial charge is 0.378 e. The number of aromatic nitrogens is 2. The van der Waals surface area contributed by atoms with Crippen molar-refractivity contribution in [3.8, 4) is 0 Å². The van der Waals surface area contributed by atoms with Gasteiger partial charge in [-0.05, 0) is 57.5 Å². The van der Waals surface area contributed by atoms with Crippen molar-refractivity contribution in [3.63, 3.8) is 0 Å². The van der Waals surface area contributed by atoms with E-state index in [0.717, 1.165) is 50.7 Å². The van der Waals surface area contributed by atoms with Crippen LogP contribution >= 0.6 is 0 Å². The summed E-state index contributed by atoms with van der Waals surface area (Å²) in [7, 11) is 0. The zero-order chi connectivity index (χ0) is 13.6. The van der Waals surface area contributed by atoms with E-state index >= 15 is 0 Å². The fourth-order valence-corrected chi connectivity index (χ4v) is 3.15. The van der Waals surface area contributed by atoms with Crippen LogP contribution in [-0.2, 0) is 17.6 Å². The second kappa shape index (κ2) is 7.18. The summed E-state index contributed by atoms with van der Waals surface area (Å²) < 4.78 is 11.1. The molecule has 3 heterocycles. The molecule has 2 saturated heterocycles. The lowest BCUT2D eigenvalue weighted by molar-refractivity contribution is 0.0104. The first-order valence-electron chi connectivity index (χ1n) is 8.04. The highest BCUT2D eigenvalue weighted by Gasteiger charge is 2.18. The van der Waals surface area contributed by atoms with Crippen molar-refractivity contribution in [2.24, 2.45) is 5.92 Å². The first-order valence-corrected chi connectivity index (χ1v) is 8.04. The third-order valence-corrected chi connectivity index (χ3v) is 4.33. The van der Waals surface area contributed by atoms with Crippen LogP contribution in [0.5, 0.6) is 0 Å². The van der Waals surface area contributed by atoms with Crippen LogP contribution in [-0.4, -0.2) is 35.9 Å². The lowest BCUT2D eigenvalue weighted by Gasteiger charge is -2.21. The van der Waals surface area contributed by atoms with Crippen molar-refractivity contribution in [2.75, 3.05) is 19.7 Å². The van der Waals surface area contributed by atoms with Crippen molar-refractivity contribution in [1.29, 1.82) is 0 Å². The Kier molecular flexibility index (Phi) is 5.03. The molecule has 0 saturated carbocycles. The first kappa shape index (κ1) is 14.0. The Morgan fingerprint density at radius 3 is 3.00 bits per heavy atom. The molecule has 0 spiro atoms. The third kappa shape index (κ3) is 4.03. The van der Waals surface area contributed by atoms with E-state index < -0.39 is 0 Å². The first-order chi connectivity index (χ1) is 9.90. The molecule has 2 fully saturated rings. The number of nitrogens with one attached hydrogen (secondary N) is 1. The van der Waals surface area contributed by atoms with Crippen molar-refractivity contribution in [2.45, 2.75) is 57.5 Å². The van der Waals surface area contributed by atoms with Crippen LogP contribution in [0.15, 0.2) is 4.52 Å². The van der Waals surface area contributed by atoms with Gasteiger partial charge < -0.3 is 14.6 Å². The Balaban J connectivity index is 1.43. The summed E-state index contributed by atoms with van der Waals surface area (Å²) in [4.78, 5) is 4.53. The zero-order valence-corrected chi connectivity index (χ0v) is 12.1. The van der Waals surface area contributed by atoms with Gasteiger partial charge in [-0.15, -0.1) is 0 Å². The summed E-state index contributed by atoms with van der Waals surface area (Å²) >= 11 is 0. The van der Waals surface area contributed by atoms with E-state index in [1.165, 1.54) is 32.1 Å². The van der Waals surface area contributed by atoms with Gasteiger partial charge in [0.2, 0.25) is 5.89 Å². The van der Waals surface area contributed by atoms with Crippen LogP contribution in [0.25, 0.3) is 0 Å². The van der Waals surface area contributed by atoms with E-state index in [1.54, 1.807) is 0 Å². The summed E-state index contributed by atoms with van der Waals surface area (Å²) in [5.41, 5.74) is 0. The van der Waals surface area contributed by atoms with Gasteiger partial charge in [0.15, 0.2) is 5.82 Å². The fraction of sp³-hybridized carbons (Fsp3) is 0.867. The Labute approximate surface area is 120 Å². The van der Waals surface area contributed by atoms with E-state index in [2.05, 4.69) is 15.5 Å². The van der Waals surface area contributed by atoms with Gasteiger partial charge in [-0.1, -0.05) is 5.16 Å². The summed E-state index contributed by atoms with van der Waals surface area (Å²) in [6.45, 7) is 3.14. The molecular weight excluding hydrogens is 254 g/mol. The van der Waals surface area contributed by atoms with Gasteiger partial charge in [0.25, 0.3) is 0 Å². The number of nitrogens with zero attached hydrogens (tertiary/aromatic N) is 2. The average Bonchev–Trinajstić information content (AvgIpc) is 2.95. The number of rotatable bonds is 5. The van der Waals surface area contributed by atoms with Crippen molar-refractivity contribution >= 4 is 0 Å². The molecule has 0 bridgehead atoms. The van der Waals surface area contributed by atoms with Crippen molar-refractivity contribution in [3.05, 3.63) is 11.7 Å². The topological polar surface area (TPSA) is 60.2 Å². The molecule has 1 aromatic heterocycles. The van der Waals surface area contributed by atoms with E-state index in [-0.39, 0.29) is 0 Å². The molecule has 1 N–H and O–H groups in total. The Hall–Kier alpha value is -0.940. The second-order valence-corrected chi connectivity index (χ2v) is 6.05. The lowest BCUT2D eigenvalue weighted by atomic mass is 9.96. The van der Waals surface area contributed by atoms with Gasteiger partial charge >= 0.3 is 0 Å². The third-order valence-electron chi connectivity index (χ3n) is 4.33. The van der Waals surface area contributed by atoms with Gasteiger partial charge in [-0.25, -0.2) is 0 Å². The quantitative estimate of drug-likeness (QED) is 0.894. The van der Waals surface area contributed by atoms with Gasteiger partial charge in [-0.3, -0.25) is 0 Å². The Bertz CT molecular complexity index is 396. The minimum absolute atomic E-state index is 0.390. The number of hydrogen-bond donors (Lipinski definition) is 1. The molecule has 2 unspecified atom stereocenters. The molecule has 20 heavy (non-hydrogen) atoms. The molecule has 2 atom stereocenters. The SMILES string of the molecule is C1CCC(CCc2nc(CC3CCCNC3)no2)OC1. The molecule has 0 aromatic carbocycles. The highest BCUT2D eigenvalue weighted by Crippen LogP contribution is 2.18. The second-order valence-electron chi connectivity index (χ2n) is 6.05. The fourth-order valence-electron chi connectivity index (χ4n) is 3.15. The lowest BCUT2D eigenvalue weighted by Crippen LogP contribution is -2.31. The van der Waals surface area contributed by atoms with Crippen molar-refractivity contribution in [1.82, 2.24) is 15.5 Å². The average molecular weight is 279 g/mol. The highest BCUT2D eigenvalue weighted by atomic mass is 16.5. The van der Waals surface area contributed by atoms with E-state index in [4.69, 9.17) is 9.26 Å². The molecule has 5 heteroatoms. The summed E-state index contributed by atoms with van der Waals surface area (Å²) in [6, 6.07) is 0. The smallest absolute Gasteiger partial charge is 0.226 e. The number of piperidine rings is 1. The standard InChI is InChI=1S/C15H25N3O2/c1-2-9-19-13(5-1)6-7-15-17-14(18-20-15)10-12-4-3-8-16-11-12/h12-13,16H,1-11H2. The molecule has 0 radical (unpaired) electrons. The molecule has 3 rings (SSSR count). The Morgan fingerprint density at radius 2 is 2.20 bits per heavy atom.